The van der Waals surface area contributed by atoms with Gasteiger partial charge in [0.15, 0.2) is 0 Å². The van der Waals surface area contributed by atoms with Gasteiger partial charge in [-0.2, -0.15) is 0 Å². The van der Waals surface area contributed by atoms with Gasteiger partial charge in [0.1, 0.15) is 0 Å². The molecule has 1 saturated heterocycles. The van der Waals surface area contributed by atoms with Crippen molar-refractivity contribution in [2.45, 2.75) is 26.2 Å². The van der Waals surface area contributed by atoms with Gasteiger partial charge in [-0.15, -0.1) is 0 Å². The first kappa shape index (κ1) is 15.1. The summed E-state index contributed by atoms with van der Waals surface area (Å²) >= 11 is 0. The first-order chi connectivity index (χ1) is 10.7. The fourth-order valence-electron chi connectivity index (χ4n) is 3.07. The zero-order valence-electron chi connectivity index (χ0n) is 13.2. The summed E-state index contributed by atoms with van der Waals surface area (Å²) in [6.07, 6.45) is 7.09. The number of aryl methyl sites for hydroxylation is 1. The zero-order chi connectivity index (χ0) is 15.4. The molecule has 3 rings (SSSR count). The molecule has 0 spiro atoms. The highest BCUT2D eigenvalue weighted by Crippen LogP contribution is 2.25. The lowest BCUT2D eigenvalue weighted by molar-refractivity contribution is -0.120. The van der Waals surface area contributed by atoms with E-state index in [-0.39, 0.29) is 11.8 Å². The molecule has 1 fully saturated rings. The molecule has 1 aromatic carbocycles. The molecule has 1 aliphatic carbocycles. The SMILES string of the molecule is Cc1cc(N2CCOCC2)ccc1NC(=O)C1CC=CCC1. The van der Waals surface area contributed by atoms with E-state index in [2.05, 4.69) is 41.4 Å². The number of anilines is 2. The van der Waals surface area contributed by atoms with Crippen LogP contribution in [0.1, 0.15) is 24.8 Å². The summed E-state index contributed by atoms with van der Waals surface area (Å²) < 4.78 is 5.39. The maximum Gasteiger partial charge on any atom is 0.227 e. The minimum Gasteiger partial charge on any atom is -0.378 e. The van der Waals surface area contributed by atoms with E-state index in [9.17, 15) is 4.79 Å². The van der Waals surface area contributed by atoms with Crippen LogP contribution in [0.25, 0.3) is 0 Å². The number of hydrogen-bond donors (Lipinski definition) is 1. The van der Waals surface area contributed by atoms with E-state index < -0.39 is 0 Å². The summed E-state index contributed by atoms with van der Waals surface area (Å²) in [7, 11) is 0. The number of morpholine rings is 1. The number of amides is 1. The Morgan fingerprint density at radius 1 is 1.27 bits per heavy atom. The number of carbonyl (C=O) groups is 1. The fraction of sp³-hybridized carbons (Fsp3) is 0.500. The van der Waals surface area contributed by atoms with E-state index in [4.69, 9.17) is 4.74 Å². The highest BCUT2D eigenvalue weighted by Gasteiger charge is 2.19. The van der Waals surface area contributed by atoms with Crippen LogP contribution >= 0.6 is 0 Å². The quantitative estimate of drug-likeness (QED) is 0.872. The van der Waals surface area contributed by atoms with Gasteiger partial charge in [0.25, 0.3) is 0 Å². The third-order valence-corrected chi connectivity index (χ3v) is 4.48. The Morgan fingerprint density at radius 3 is 2.77 bits per heavy atom. The number of ether oxygens (including phenoxy) is 1. The van der Waals surface area contributed by atoms with Crippen molar-refractivity contribution in [2.75, 3.05) is 36.5 Å². The highest BCUT2D eigenvalue weighted by molar-refractivity contribution is 5.93. The number of carbonyl (C=O) groups excluding carboxylic acids is 1. The van der Waals surface area contributed by atoms with Crippen LogP contribution in [0.5, 0.6) is 0 Å². The van der Waals surface area contributed by atoms with E-state index in [0.29, 0.717) is 0 Å². The summed E-state index contributed by atoms with van der Waals surface area (Å²) in [5.41, 5.74) is 3.25. The van der Waals surface area contributed by atoms with Crippen molar-refractivity contribution in [3.63, 3.8) is 0 Å². The number of rotatable bonds is 3. The van der Waals surface area contributed by atoms with Crippen LogP contribution in [0.2, 0.25) is 0 Å². The largest absolute Gasteiger partial charge is 0.378 e. The maximum absolute atomic E-state index is 12.3. The predicted octanol–water partition coefficient (Wildman–Crippen LogP) is 3.13. The van der Waals surface area contributed by atoms with Gasteiger partial charge in [-0.05, 0) is 49.9 Å². The molecule has 4 heteroatoms. The molecular formula is C18H24N2O2. The molecule has 0 bridgehead atoms. The van der Waals surface area contributed by atoms with Gasteiger partial charge in [0, 0.05) is 30.4 Å². The van der Waals surface area contributed by atoms with Crippen LogP contribution in [0.3, 0.4) is 0 Å². The van der Waals surface area contributed by atoms with Crippen molar-refractivity contribution in [2.24, 2.45) is 5.92 Å². The lowest BCUT2D eigenvalue weighted by Gasteiger charge is -2.29. The topological polar surface area (TPSA) is 41.6 Å². The fourth-order valence-corrected chi connectivity index (χ4v) is 3.07. The van der Waals surface area contributed by atoms with Crippen LogP contribution in [0, 0.1) is 12.8 Å². The molecule has 0 aromatic heterocycles. The van der Waals surface area contributed by atoms with Gasteiger partial charge in [0.2, 0.25) is 5.91 Å². The standard InChI is InChI=1S/C18H24N2O2/c1-14-13-16(20-9-11-22-12-10-20)7-8-17(14)19-18(21)15-5-3-2-4-6-15/h2-3,7-8,13,15H,4-6,9-12H2,1H3,(H,19,21). The second-order valence-electron chi connectivity index (χ2n) is 6.07. The van der Waals surface area contributed by atoms with Crippen molar-refractivity contribution < 1.29 is 9.53 Å². The molecule has 1 heterocycles. The Balaban J connectivity index is 1.66. The summed E-state index contributed by atoms with van der Waals surface area (Å²) in [4.78, 5) is 14.7. The molecule has 1 aromatic rings. The average molecular weight is 300 g/mol. The Kier molecular flexibility index (Phi) is 4.78. The molecule has 4 nitrogen and oxygen atoms in total. The normalized spacial score (nSPS) is 21.7. The van der Waals surface area contributed by atoms with Crippen molar-refractivity contribution in [3.8, 4) is 0 Å². The molecule has 1 atom stereocenters. The third kappa shape index (κ3) is 3.50. The highest BCUT2D eigenvalue weighted by atomic mass is 16.5. The van der Waals surface area contributed by atoms with Gasteiger partial charge < -0.3 is 15.0 Å². The van der Waals surface area contributed by atoms with Crippen LogP contribution in [-0.4, -0.2) is 32.2 Å². The molecule has 0 radical (unpaired) electrons. The van der Waals surface area contributed by atoms with Crippen molar-refractivity contribution >= 4 is 17.3 Å². The summed E-state index contributed by atoms with van der Waals surface area (Å²) in [5.74, 6) is 0.259. The van der Waals surface area contributed by atoms with E-state index in [1.807, 2.05) is 6.07 Å². The average Bonchev–Trinajstić information content (AvgIpc) is 2.58. The first-order valence-electron chi connectivity index (χ1n) is 8.13. The number of allylic oxidation sites excluding steroid dienone is 2. The molecule has 1 N–H and O–H groups in total. The van der Waals surface area contributed by atoms with Gasteiger partial charge in [-0.25, -0.2) is 0 Å². The van der Waals surface area contributed by atoms with E-state index in [1.54, 1.807) is 0 Å². The second-order valence-corrected chi connectivity index (χ2v) is 6.07. The van der Waals surface area contributed by atoms with Crippen LogP contribution < -0.4 is 10.2 Å². The van der Waals surface area contributed by atoms with Gasteiger partial charge >= 0.3 is 0 Å². The predicted molar refractivity (Wildman–Crippen MR) is 89.3 cm³/mol. The molecular weight excluding hydrogens is 276 g/mol. The minimum atomic E-state index is 0.114. The van der Waals surface area contributed by atoms with E-state index in [0.717, 1.165) is 56.8 Å². The van der Waals surface area contributed by atoms with Crippen LogP contribution in [-0.2, 0) is 9.53 Å². The summed E-state index contributed by atoms with van der Waals surface area (Å²) in [6, 6.07) is 6.27. The Labute approximate surface area is 132 Å². The number of benzene rings is 1. The van der Waals surface area contributed by atoms with E-state index >= 15 is 0 Å². The van der Waals surface area contributed by atoms with Gasteiger partial charge in [0.05, 0.1) is 13.2 Å². The molecule has 2 aliphatic rings. The number of hydrogen-bond acceptors (Lipinski definition) is 3. The first-order valence-corrected chi connectivity index (χ1v) is 8.13. The Morgan fingerprint density at radius 2 is 2.09 bits per heavy atom. The second kappa shape index (κ2) is 6.97. The monoisotopic (exact) mass is 300 g/mol. The van der Waals surface area contributed by atoms with Crippen molar-refractivity contribution in [1.29, 1.82) is 0 Å². The summed E-state index contributed by atoms with van der Waals surface area (Å²) in [5, 5.41) is 3.09. The maximum atomic E-state index is 12.3. The summed E-state index contributed by atoms with van der Waals surface area (Å²) in [6.45, 7) is 5.49. The molecule has 118 valence electrons. The molecule has 1 unspecified atom stereocenters. The van der Waals surface area contributed by atoms with Crippen LogP contribution in [0.15, 0.2) is 30.4 Å². The molecule has 0 saturated carbocycles. The Bertz CT molecular complexity index is 562. The minimum absolute atomic E-state index is 0.114. The van der Waals surface area contributed by atoms with Crippen LogP contribution in [0.4, 0.5) is 11.4 Å². The van der Waals surface area contributed by atoms with Crippen molar-refractivity contribution in [3.05, 3.63) is 35.9 Å². The zero-order valence-corrected chi connectivity index (χ0v) is 13.2. The third-order valence-electron chi connectivity index (χ3n) is 4.48. The lowest BCUT2D eigenvalue weighted by Crippen LogP contribution is -2.36. The number of nitrogens with one attached hydrogen (secondary N) is 1. The molecule has 22 heavy (non-hydrogen) atoms. The smallest absolute Gasteiger partial charge is 0.227 e. The van der Waals surface area contributed by atoms with Gasteiger partial charge in [-0.3, -0.25) is 4.79 Å². The molecule has 1 aliphatic heterocycles. The molecule has 1 amide bonds. The van der Waals surface area contributed by atoms with Crippen molar-refractivity contribution in [1.82, 2.24) is 0 Å². The number of nitrogens with zero attached hydrogens (tertiary/aromatic N) is 1. The van der Waals surface area contributed by atoms with Gasteiger partial charge in [-0.1, -0.05) is 12.2 Å². The lowest BCUT2D eigenvalue weighted by atomic mass is 9.93. The van der Waals surface area contributed by atoms with E-state index in [1.165, 1.54) is 5.69 Å². The Hall–Kier alpha value is -1.81.